The van der Waals surface area contributed by atoms with Crippen molar-refractivity contribution in [3.05, 3.63) is 45.0 Å². The maximum atomic E-state index is 10.8. The summed E-state index contributed by atoms with van der Waals surface area (Å²) in [6.45, 7) is 3.09. The van der Waals surface area contributed by atoms with Crippen molar-refractivity contribution >= 4 is 11.8 Å². The number of allylic oxidation sites excluding steroid dienone is 1. The Bertz CT molecular complexity index is 507. The summed E-state index contributed by atoms with van der Waals surface area (Å²) in [5, 5.41) is 10.8. The van der Waals surface area contributed by atoms with Crippen LogP contribution in [0.4, 0.5) is 5.69 Å². The number of hydrogen-bond acceptors (Lipinski definition) is 3. The van der Waals surface area contributed by atoms with E-state index in [1.165, 1.54) is 5.57 Å². The topological polar surface area (TPSA) is 46.4 Å². The number of nitro groups is 1. The number of nitro benzene ring substituents is 1. The monoisotopic (exact) mass is 246 g/mol. The molecule has 2 rings (SSSR count). The van der Waals surface area contributed by atoms with Crippen molar-refractivity contribution in [3.8, 4) is 0 Å². The first-order valence-corrected chi connectivity index (χ1v) is 6.10. The minimum atomic E-state index is -0.322. The molecule has 4 nitrogen and oxygen atoms in total. The third kappa shape index (κ3) is 2.43. The molecule has 0 heterocycles. The minimum absolute atomic E-state index is 0.187. The average Bonchev–Trinajstić information content (AvgIpc) is 2.60. The zero-order valence-electron chi connectivity index (χ0n) is 11.0. The molecule has 1 aliphatic rings. The van der Waals surface area contributed by atoms with Crippen molar-refractivity contribution < 1.29 is 4.92 Å². The van der Waals surface area contributed by atoms with Gasteiger partial charge in [0.05, 0.1) is 4.92 Å². The van der Waals surface area contributed by atoms with Crippen LogP contribution in [0, 0.1) is 10.1 Å². The smallest absolute Gasteiger partial charge is 0.269 e. The van der Waals surface area contributed by atoms with Crippen LogP contribution in [0.15, 0.2) is 23.8 Å². The van der Waals surface area contributed by atoms with Crippen LogP contribution in [0.1, 0.15) is 30.4 Å². The van der Waals surface area contributed by atoms with Gasteiger partial charge in [-0.05, 0) is 51.2 Å². The molecule has 0 fully saturated rings. The number of nitrogens with zero attached hydrogens (tertiary/aromatic N) is 2. The van der Waals surface area contributed by atoms with Gasteiger partial charge in [0.25, 0.3) is 5.69 Å². The SMILES string of the molecule is CC1=Cc2ccc([N+](=O)[O-])cc2C1CCN(C)C. The molecule has 0 radical (unpaired) electrons. The van der Waals surface area contributed by atoms with E-state index in [9.17, 15) is 10.1 Å². The Morgan fingerprint density at radius 3 is 2.72 bits per heavy atom. The fourth-order valence-electron chi connectivity index (χ4n) is 2.47. The number of non-ortho nitro benzene ring substituents is 1. The van der Waals surface area contributed by atoms with E-state index in [2.05, 4.69) is 17.9 Å². The molecule has 1 aromatic rings. The Balaban J connectivity index is 2.28. The summed E-state index contributed by atoms with van der Waals surface area (Å²) in [6.07, 6.45) is 3.14. The Morgan fingerprint density at radius 1 is 1.39 bits per heavy atom. The molecule has 1 unspecified atom stereocenters. The van der Waals surface area contributed by atoms with Crippen LogP contribution >= 0.6 is 0 Å². The second-order valence-electron chi connectivity index (χ2n) is 5.10. The molecule has 0 saturated heterocycles. The number of rotatable bonds is 4. The molecule has 96 valence electrons. The lowest BCUT2D eigenvalue weighted by Gasteiger charge is -2.17. The van der Waals surface area contributed by atoms with E-state index in [4.69, 9.17) is 0 Å². The lowest BCUT2D eigenvalue weighted by Crippen LogP contribution is -2.15. The highest BCUT2D eigenvalue weighted by Crippen LogP contribution is 2.39. The molecule has 0 spiro atoms. The van der Waals surface area contributed by atoms with E-state index >= 15 is 0 Å². The fourth-order valence-corrected chi connectivity index (χ4v) is 2.47. The van der Waals surface area contributed by atoms with E-state index in [1.54, 1.807) is 12.1 Å². The zero-order valence-corrected chi connectivity index (χ0v) is 11.0. The second-order valence-corrected chi connectivity index (χ2v) is 5.10. The summed E-state index contributed by atoms with van der Waals surface area (Å²) in [6, 6.07) is 5.16. The molecule has 1 atom stereocenters. The second kappa shape index (κ2) is 4.90. The molecule has 1 aromatic carbocycles. The maximum absolute atomic E-state index is 10.8. The Kier molecular flexibility index (Phi) is 3.48. The molecule has 0 aromatic heterocycles. The molecule has 18 heavy (non-hydrogen) atoms. The minimum Gasteiger partial charge on any atom is -0.309 e. The van der Waals surface area contributed by atoms with Crippen LogP contribution < -0.4 is 0 Å². The first-order chi connectivity index (χ1) is 8.49. The van der Waals surface area contributed by atoms with Crippen molar-refractivity contribution in [1.82, 2.24) is 4.90 Å². The molecule has 0 saturated carbocycles. The van der Waals surface area contributed by atoms with Gasteiger partial charge in [-0.1, -0.05) is 11.6 Å². The van der Waals surface area contributed by atoms with Crippen LogP contribution in [0.2, 0.25) is 0 Å². The third-order valence-corrected chi connectivity index (χ3v) is 3.45. The molecule has 0 aliphatic heterocycles. The van der Waals surface area contributed by atoms with E-state index in [0.717, 1.165) is 24.1 Å². The molecule has 4 heteroatoms. The summed E-state index contributed by atoms with van der Waals surface area (Å²) >= 11 is 0. The quantitative estimate of drug-likeness (QED) is 0.606. The van der Waals surface area contributed by atoms with Gasteiger partial charge < -0.3 is 4.90 Å². The zero-order chi connectivity index (χ0) is 13.3. The van der Waals surface area contributed by atoms with Gasteiger partial charge >= 0.3 is 0 Å². The highest BCUT2D eigenvalue weighted by atomic mass is 16.6. The molecular formula is C14H18N2O2. The Labute approximate surface area is 107 Å². The van der Waals surface area contributed by atoms with Crippen molar-refractivity contribution in [1.29, 1.82) is 0 Å². The fraction of sp³-hybridized carbons (Fsp3) is 0.429. The van der Waals surface area contributed by atoms with Crippen molar-refractivity contribution in [2.24, 2.45) is 0 Å². The van der Waals surface area contributed by atoms with Crippen molar-refractivity contribution in [2.45, 2.75) is 19.3 Å². The van der Waals surface area contributed by atoms with Gasteiger partial charge in [-0.3, -0.25) is 10.1 Å². The third-order valence-electron chi connectivity index (χ3n) is 3.45. The summed E-state index contributed by atoms with van der Waals surface area (Å²) in [4.78, 5) is 12.7. The first-order valence-electron chi connectivity index (χ1n) is 6.10. The van der Waals surface area contributed by atoms with Crippen LogP contribution in [-0.4, -0.2) is 30.5 Å². The molecule has 1 aliphatic carbocycles. The average molecular weight is 246 g/mol. The van der Waals surface area contributed by atoms with Gasteiger partial charge in [0.2, 0.25) is 0 Å². The lowest BCUT2D eigenvalue weighted by atomic mass is 9.93. The van der Waals surface area contributed by atoms with Gasteiger partial charge in [0.15, 0.2) is 0 Å². The normalized spacial score (nSPS) is 17.8. The predicted octanol–water partition coefficient (Wildman–Crippen LogP) is 3.05. The van der Waals surface area contributed by atoms with E-state index in [1.807, 2.05) is 20.2 Å². The van der Waals surface area contributed by atoms with Gasteiger partial charge in [0.1, 0.15) is 0 Å². The van der Waals surface area contributed by atoms with Crippen molar-refractivity contribution in [3.63, 3.8) is 0 Å². The molecular weight excluding hydrogens is 228 g/mol. The van der Waals surface area contributed by atoms with Crippen LogP contribution in [0.3, 0.4) is 0 Å². The summed E-state index contributed by atoms with van der Waals surface area (Å²) in [5.41, 5.74) is 3.71. The van der Waals surface area contributed by atoms with E-state index < -0.39 is 0 Å². The van der Waals surface area contributed by atoms with Gasteiger partial charge in [-0.15, -0.1) is 0 Å². The number of fused-ring (bicyclic) bond motifs is 1. The number of hydrogen-bond donors (Lipinski definition) is 0. The predicted molar refractivity (Wildman–Crippen MR) is 72.7 cm³/mol. The Morgan fingerprint density at radius 2 is 2.11 bits per heavy atom. The maximum Gasteiger partial charge on any atom is 0.269 e. The molecule has 0 bridgehead atoms. The van der Waals surface area contributed by atoms with Gasteiger partial charge in [-0.25, -0.2) is 0 Å². The van der Waals surface area contributed by atoms with Crippen LogP contribution in [-0.2, 0) is 0 Å². The summed E-state index contributed by atoms with van der Waals surface area (Å²) < 4.78 is 0. The van der Waals surface area contributed by atoms with Crippen molar-refractivity contribution in [2.75, 3.05) is 20.6 Å². The standard InChI is InChI=1S/C14H18N2O2/c1-10-8-11-4-5-12(16(17)18)9-14(11)13(10)6-7-15(2)3/h4-5,8-9,13H,6-7H2,1-3H3. The highest BCUT2D eigenvalue weighted by Gasteiger charge is 2.24. The van der Waals surface area contributed by atoms with Gasteiger partial charge in [0, 0.05) is 18.1 Å². The first kappa shape index (κ1) is 12.8. The van der Waals surface area contributed by atoms with Gasteiger partial charge in [-0.2, -0.15) is 0 Å². The Hall–Kier alpha value is -1.68. The van der Waals surface area contributed by atoms with E-state index in [0.29, 0.717) is 5.92 Å². The lowest BCUT2D eigenvalue weighted by molar-refractivity contribution is -0.384. The van der Waals surface area contributed by atoms with Crippen LogP contribution in [0.5, 0.6) is 0 Å². The molecule has 0 N–H and O–H groups in total. The van der Waals surface area contributed by atoms with E-state index in [-0.39, 0.29) is 10.6 Å². The van der Waals surface area contributed by atoms with Crippen LogP contribution in [0.25, 0.3) is 6.08 Å². The number of benzene rings is 1. The summed E-state index contributed by atoms with van der Waals surface area (Å²) in [5.74, 6) is 0.322. The molecule has 0 amide bonds. The highest BCUT2D eigenvalue weighted by molar-refractivity contribution is 5.67. The largest absolute Gasteiger partial charge is 0.309 e. The summed E-state index contributed by atoms with van der Waals surface area (Å²) in [7, 11) is 4.09.